The molecule has 0 unspecified atom stereocenters. The minimum atomic E-state index is -4.64. The zero-order valence-corrected chi connectivity index (χ0v) is 10.0. The molecule has 0 fully saturated rings. The van der Waals surface area contributed by atoms with E-state index >= 15 is 0 Å². The van der Waals surface area contributed by atoms with Crippen LogP contribution in [0.3, 0.4) is 0 Å². The van der Waals surface area contributed by atoms with Gasteiger partial charge in [-0.05, 0) is 0 Å². The normalized spacial score (nSPS) is 9.83. The summed E-state index contributed by atoms with van der Waals surface area (Å²) in [6.07, 6.45) is 0. The number of hydrogen-bond acceptors (Lipinski definition) is 2. The standard InChI is InChI=1S/Al.Mg.2H3O4P/c;;2*1-5(2,3)4/h;;2*(H3,1,2,3,4)/q+3;+2;;/p+4. The number of phosphoric acid groups is 2. The predicted octanol–water partition coefficient (Wildman–Crippen LogP) is -2.17. The molecule has 12 heteroatoms. The molecule has 0 saturated carbocycles. The molecule has 6 N–H and O–H groups in total. The van der Waals surface area contributed by atoms with Gasteiger partial charge in [-0.15, -0.1) is 0 Å². The van der Waals surface area contributed by atoms with Gasteiger partial charge < -0.3 is 29.4 Å². The molecule has 0 bridgehead atoms. The van der Waals surface area contributed by atoms with Crippen LogP contribution in [0.25, 0.3) is 0 Å². The maximum Gasteiger partial charge on any atom is 3.00 e. The van der Waals surface area contributed by atoms with Gasteiger partial charge >= 0.3 is 61.8 Å². The number of rotatable bonds is 0. The predicted molar refractivity (Wildman–Crippen MR) is 44.5 cm³/mol. The molecule has 0 rings (SSSR count). The van der Waals surface area contributed by atoms with E-state index in [1.807, 2.05) is 0 Å². The Bertz CT molecular complexity index is 142. The first kappa shape index (κ1) is 23.4. The monoisotopic (exact) mass is 251 g/mol. The third kappa shape index (κ3) is 553. The van der Waals surface area contributed by atoms with Crippen LogP contribution in [-0.4, -0.2) is 69.8 Å². The van der Waals surface area contributed by atoms with Gasteiger partial charge in [0.05, 0.1) is 0 Å². The van der Waals surface area contributed by atoms with E-state index in [1.54, 1.807) is 0 Å². The quantitative estimate of drug-likeness (QED) is 0.210. The van der Waals surface area contributed by atoms with Crippen molar-refractivity contribution in [3.63, 3.8) is 0 Å². The van der Waals surface area contributed by atoms with E-state index < -0.39 is 15.6 Å². The Morgan fingerprint density at radius 2 is 0.750 bits per heavy atom. The smallest absolute Gasteiger partial charge is 0.303 e. The van der Waals surface area contributed by atoms with Crippen LogP contribution in [0.15, 0.2) is 0 Å². The van der Waals surface area contributed by atoms with Crippen LogP contribution >= 0.6 is 15.6 Å². The molecule has 0 amide bonds. The minimum Gasteiger partial charge on any atom is -0.303 e. The number of hydrogen-bond donors (Lipinski definition) is 6. The van der Waals surface area contributed by atoms with Crippen LogP contribution in [0.4, 0.5) is 0 Å². The summed E-state index contributed by atoms with van der Waals surface area (Å²) in [6.45, 7) is 0. The van der Waals surface area contributed by atoms with Crippen LogP contribution in [-0.2, 0) is 9.13 Å². The van der Waals surface area contributed by atoms with Gasteiger partial charge in [0.1, 0.15) is 0 Å². The molecule has 0 aromatic rings. The van der Waals surface area contributed by atoms with Crippen molar-refractivity contribution < 1.29 is 44.2 Å². The summed E-state index contributed by atoms with van der Waals surface area (Å²) >= 11 is 0. The molecule has 8 nitrogen and oxygen atoms in total. The fourth-order valence-electron chi connectivity index (χ4n) is 0. The Balaban J connectivity index is -0.00000000970. The largest absolute Gasteiger partial charge is 3.00 e. The van der Waals surface area contributed by atoms with Crippen LogP contribution < -0.4 is 0 Å². The van der Waals surface area contributed by atoms with Crippen molar-refractivity contribution in [2.45, 2.75) is 0 Å². The third-order valence-corrected chi connectivity index (χ3v) is 0. The SMILES string of the molecule is O=P(O)(O)O.O=P(O)(O)O.[Al+3].[H+].[H+].[H+].[H+].[Mg+2]. The molecule has 0 saturated heterocycles. The van der Waals surface area contributed by atoms with E-state index in [-0.39, 0.29) is 46.1 Å². The van der Waals surface area contributed by atoms with Gasteiger partial charge in [-0.25, -0.2) is 9.13 Å². The topological polar surface area (TPSA) is 156 Å². The van der Waals surface area contributed by atoms with Crippen molar-refractivity contribution in [2.75, 3.05) is 0 Å². The Morgan fingerprint density at radius 3 is 0.750 bits per heavy atom. The fourth-order valence-corrected chi connectivity index (χ4v) is 0. The molecule has 0 aliphatic carbocycles. The molecule has 0 aromatic carbocycles. The van der Waals surface area contributed by atoms with E-state index in [9.17, 15) is 0 Å². The molecule has 0 aliphatic heterocycles. The summed E-state index contributed by atoms with van der Waals surface area (Å²) in [5.41, 5.74) is 0. The van der Waals surface area contributed by atoms with Crippen molar-refractivity contribution in [3.05, 3.63) is 0 Å². The maximum absolute atomic E-state index is 8.88. The second kappa shape index (κ2) is 9.09. The molecule has 0 aliphatic rings. The Hall–Kier alpha value is 1.52. The van der Waals surface area contributed by atoms with Crippen molar-refractivity contribution >= 4 is 56.1 Å². The molecule has 0 spiro atoms. The van der Waals surface area contributed by atoms with Crippen molar-refractivity contribution in [2.24, 2.45) is 0 Å². The van der Waals surface area contributed by atoms with Crippen molar-refractivity contribution in [1.82, 2.24) is 0 Å². The van der Waals surface area contributed by atoms with Gasteiger partial charge in [0.2, 0.25) is 0 Å². The second-order valence-electron chi connectivity index (χ2n) is 1.03. The van der Waals surface area contributed by atoms with Gasteiger partial charge in [0.25, 0.3) is 0 Å². The summed E-state index contributed by atoms with van der Waals surface area (Å²) in [6, 6.07) is 0. The van der Waals surface area contributed by atoms with E-state index in [4.69, 9.17) is 38.5 Å². The summed E-state index contributed by atoms with van der Waals surface area (Å²) in [7, 11) is -9.28. The van der Waals surface area contributed by atoms with E-state index in [1.165, 1.54) is 0 Å². The molecule has 12 heavy (non-hydrogen) atoms. The Kier molecular flexibility index (Phi) is 17.7. The maximum atomic E-state index is 8.88. The first-order valence-corrected chi connectivity index (χ1v) is 4.70. The summed E-state index contributed by atoms with van der Waals surface area (Å²) < 4.78 is 17.8. The van der Waals surface area contributed by atoms with E-state index in [0.29, 0.717) is 0 Å². The first-order valence-electron chi connectivity index (χ1n) is 1.57. The molecule has 64 valence electrons. The van der Waals surface area contributed by atoms with Crippen molar-refractivity contribution in [3.8, 4) is 0 Å². The van der Waals surface area contributed by atoms with Crippen LogP contribution in [0.5, 0.6) is 0 Å². The van der Waals surface area contributed by atoms with Crippen molar-refractivity contribution in [1.29, 1.82) is 0 Å². The molecular weight excluding hydrogens is 241 g/mol. The molecule has 0 atom stereocenters. The fraction of sp³-hybridized carbons (Fsp3) is 0. The van der Waals surface area contributed by atoms with Gasteiger partial charge in [-0.1, -0.05) is 0 Å². The molecular formula is H10AlMgO8P2+9. The average Bonchev–Trinajstić information content (AvgIpc) is 1.12. The Morgan fingerprint density at radius 1 is 0.750 bits per heavy atom. The van der Waals surface area contributed by atoms with Gasteiger partial charge in [0.15, 0.2) is 0 Å². The summed E-state index contributed by atoms with van der Waals surface area (Å²) in [5, 5.41) is 0. The zero-order valence-electron chi connectivity index (χ0n) is 9.68. The summed E-state index contributed by atoms with van der Waals surface area (Å²) in [4.78, 5) is 43.1. The average molecular weight is 251 g/mol. The molecule has 0 aromatic heterocycles. The van der Waals surface area contributed by atoms with Crippen LogP contribution in [0, 0.1) is 0 Å². The van der Waals surface area contributed by atoms with Crippen LogP contribution in [0.2, 0.25) is 0 Å². The third-order valence-electron chi connectivity index (χ3n) is 0. The summed E-state index contributed by atoms with van der Waals surface area (Å²) in [5.74, 6) is 0. The second-order valence-corrected chi connectivity index (χ2v) is 3.08. The van der Waals surface area contributed by atoms with Gasteiger partial charge in [-0.3, -0.25) is 0 Å². The molecule has 0 radical (unpaired) electrons. The van der Waals surface area contributed by atoms with E-state index in [0.717, 1.165) is 0 Å². The van der Waals surface area contributed by atoms with Gasteiger partial charge in [0, 0.05) is 0 Å². The zero-order chi connectivity index (χ0) is 9.00. The van der Waals surface area contributed by atoms with Crippen LogP contribution in [0.1, 0.15) is 5.71 Å². The first-order chi connectivity index (χ1) is 4.00. The minimum absolute atomic E-state index is 0. The van der Waals surface area contributed by atoms with E-state index in [2.05, 4.69) is 0 Å². The molecule has 0 heterocycles. The Labute approximate surface area is 100 Å². The van der Waals surface area contributed by atoms with Gasteiger partial charge in [-0.2, -0.15) is 0 Å².